The van der Waals surface area contributed by atoms with Gasteiger partial charge in [0.1, 0.15) is 5.52 Å². The van der Waals surface area contributed by atoms with Gasteiger partial charge in [-0.2, -0.15) is 0 Å². The molecule has 0 bridgehead atoms. The van der Waals surface area contributed by atoms with E-state index in [0.29, 0.717) is 16.7 Å². The summed E-state index contributed by atoms with van der Waals surface area (Å²) in [4.78, 5) is 14.9. The van der Waals surface area contributed by atoms with Gasteiger partial charge in [0.15, 0.2) is 5.75 Å². The first kappa shape index (κ1) is 36.2. The minimum atomic E-state index is -0.839. The van der Waals surface area contributed by atoms with Crippen LogP contribution in [-0.2, 0) is 17.1 Å². The quantitative estimate of drug-likeness (QED) is 0.0977. The number of methoxy groups -OCH3 is 1. The van der Waals surface area contributed by atoms with Gasteiger partial charge in [0.05, 0.1) is 18.1 Å². The van der Waals surface area contributed by atoms with Gasteiger partial charge in [0.25, 0.3) is 5.69 Å². The second-order valence-electron chi connectivity index (χ2n) is 9.32. The normalized spacial score (nSPS) is 14.6. The fourth-order valence-electron chi connectivity index (χ4n) is 4.12. The van der Waals surface area contributed by atoms with Crippen LogP contribution < -0.4 is 4.74 Å². The van der Waals surface area contributed by atoms with E-state index >= 15 is 0 Å². The van der Waals surface area contributed by atoms with Gasteiger partial charge >= 0.3 is 109 Å². The number of benzene rings is 1. The van der Waals surface area contributed by atoms with Crippen LogP contribution in [0.2, 0.25) is 13.3 Å². The maximum Gasteiger partial charge on any atom is 2.00 e. The third kappa shape index (κ3) is 13.6. The Morgan fingerprint density at radius 3 is 1.90 bits per heavy atom. The van der Waals surface area contributed by atoms with Crippen LogP contribution in [0, 0.1) is 73.8 Å². The van der Waals surface area contributed by atoms with E-state index in [0.717, 1.165) is 11.5 Å². The number of nitro groups is 1. The van der Waals surface area contributed by atoms with Gasteiger partial charge in [0, 0.05) is 23.6 Å². The molecule has 0 atom stereocenters. The Labute approximate surface area is 256 Å². The molecule has 0 spiro atoms. The molecule has 2 saturated carbocycles. The number of aromatic nitrogens is 1. The smallest absolute Gasteiger partial charge is 0.494 e. The second kappa shape index (κ2) is 21.8. The van der Waals surface area contributed by atoms with Gasteiger partial charge in [-0.25, -0.2) is 12.8 Å². The number of nitro benzene ring substituents is 1. The van der Waals surface area contributed by atoms with Gasteiger partial charge in [-0.05, 0) is 37.3 Å². The Morgan fingerprint density at radius 1 is 0.897 bits per heavy atom. The molecule has 1 heterocycles. The minimum Gasteiger partial charge on any atom is -0.494 e. The van der Waals surface area contributed by atoms with Crippen molar-refractivity contribution in [1.82, 2.24) is 4.98 Å². The molecule has 2 aromatic rings. The maximum absolute atomic E-state index is 11.0. The Kier molecular flexibility index (Phi) is 20.3. The Hall–Kier alpha value is -0.852. The summed E-state index contributed by atoms with van der Waals surface area (Å²) in [6.45, 7) is 7.00. The van der Waals surface area contributed by atoms with E-state index in [9.17, 15) is 10.1 Å². The molecule has 4 rings (SSSR count). The van der Waals surface area contributed by atoms with Crippen molar-refractivity contribution in [2.75, 3.05) is 7.11 Å². The second-order valence-corrected chi connectivity index (χ2v) is 17.9. The van der Waals surface area contributed by atoms with E-state index in [1.54, 1.807) is 19.5 Å². The van der Waals surface area contributed by atoms with Crippen molar-refractivity contribution >= 4 is 36.3 Å². The molecule has 1 aromatic carbocycles. The largest absolute Gasteiger partial charge is 2.00 e. The van der Waals surface area contributed by atoms with E-state index in [-0.39, 0.29) is 22.8 Å². The number of non-ortho nitro benzene ring substituents is 1. The van der Waals surface area contributed by atoms with Crippen LogP contribution in [0.25, 0.3) is 10.9 Å². The zero-order valence-electron chi connectivity index (χ0n) is 23.8. The molecule has 1 aromatic heterocycles. The molecule has 0 unspecified atom stereocenters. The van der Waals surface area contributed by atoms with Crippen molar-refractivity contribution in [3.8, 4) is 5.75 Å². The number of rotatable bonds is 12. The van der Waals surface area contributed by atoms with Gasteiger partial charge in [-0.1, -0.05) is 12.8 Å². The Morgan fingerprint density at radius 2 is 1.46 bits per heavy atom. The number of pyridine rings is 1. The maximum atomic E-state index is 11.0. The van der Waals surface area contributed by atoms with E-state index in [1.165, 1.54) is 57.8 Å². The monoisotopic (exact) mass is 678 g/mol. The predicted molar refractivity (Wildman–Crippen MR) is 160 cm³/mol. The molecule has 39 heavy (non-hydrogen) atoms. The summed E-state index contributed by atoms with van der Waals surface area (Å²) in [7, 11) is 1.48. The first-order chi connectivity index (χ1) is 18.5. The van der Waals surface area contributed by atoms with Crippen molar-refractivity contribution in [2.24, 2.45) is 0 Å². The summed E-state index contributed by atoms with van der Waals surface area (Å²) in [5, 5.41) is 11.6. The zero-order chi connectivity index (χ0) is 27.6. The zero-order valence-corrected chi connectivity index (χ0v) is 27.7. The third-order valence-corrected chi connectivity index (χ3v) is 15.4. The third-order valence-electron chi connectivity index (χ3n) is 6.31. The average Bonchev–Trinajstić information content (AvgIpc) is 3.70. The molecule has 0 amide bonds. The van der Waals surface area contributed by atoms with Crippen LogP contribution in [0.3, 0.4) is 0 Å². The van der Waals surface area contributed by atoms with Gasteiger partial charge in [-0.15, -0.1) is 0 Å². The Bertz CT molecular complexity index is 906. The van der Waals surface area contributed by atoms with Gasteiger partial charge in [-0.3, -0.25) is 15.1 Å². The first-order valence-electron chi connectivity index (χ1n) is 13.8. The molecule has 0 N–H and O–H groups in total. The van der Waals surface area contributed by atoms with E-state index < -0.39 is 24.7 Å². The summed E-state index contributed by atoms with van der Waals surface area (Å²) in [6, 6.07) is 4.78. The summed E-state index contributed by atoms with van der Waals surface area (Å²) in [5.74, 6) is 1.44. The molecule has 0 saturated heterocycles. The van der Waals surface area contributed by atoms with Crippen LogP contribution in [0.1, 0.15) is 64.9 Å². The average molecular weight is 677 g/mol. The molecule has 5 nitrogen and oxygen atoms in total. The molecule has 208 valence electrons. The first-order valence-corrected chi connectivity index (χ1v) is 19.8. The van der Waals surface area contributed by atoms with Crippen LogP contribution >= 0.6 is 0 Å². The molecule has 0 aliphatic heterocycles. The SMILES string of the molecule is CCC[CH2][Sn+]([CH2]CCC)[CH2]CCC.COc1cc([N+](=O)[O-])cc2cc([C]3[CH][CH][CH][CH]3)cnc12.[C-]1[CH][CH][CH][CH]1.[Fe+2]. The van der Waals surface area contributed by atoms with E-state index in [1.807, 2.05) is 57.4 Å². The fraction of sp³-hybridized carbons (Fsp3) is 0.406. The van der Waals surface area contributed by atoms with Crippen molar-refractivity contribution < 1.29 is 26.7 Å². The summed E-state index contributed by atoms with van der Waals surface area (Å²) in [5.41, 5.74) is 1.54. The molecule has 7 heteroatoms. The van der Waals surface area contributed by atoms with E-state index in [2.05, 4.69) is 32.2 Å². The predicted octanol–water partition coefficient (Wildman–Crippen LogP) is 8.68. The number of ether oxygens (including phenoxy) is 1. The van der Waals surface area contributed by atoms with Crippen LogP contribution in [-0.4, -0.2) is 36.8 Å². The van der Waals surface area contributed by atoms with Crippen LogP contribution in [0.15, 0.2) is 24.4 Å². The number of unbranched alkanes of at least 4 members (excludes halogenated alkanes) is 3. The van der Waals surface area contributed by atoms with Crippen LogP contribution in [0.5, 0.6) is 5.75 Å². The Balaban J connectivity index is 0.000000344. The molecular formula is C32H42FeN2O3Sn+2. The number of hydrogen-bond donors (Lipinski definition) is 0. The summed E-state index contributed by atoms with van der Waals surface area (Å²) in [6.07, 6.45) is 28.9. The van der Waals surface area contributed by atoms with Crippen LogP contribution in [0.4, 0.5) is 5.69 Å². The number of fused-ring (bicyclic) bond motifs is 1. The van der Waals surface area contributed by atoms with Crippen molar-refractivity contribution in [1.29, 1.82) is 0 Å². The molecule has 2 aliphatic carbocycles. The van der Waals surface area contributed by atoms with Gasteiger partial charge < -0.3 is 11.2 Å². The molecular weight excluding hydrogens is 635 g/mol. The van der Waals surface area contributed by atoms with Crippen molar-refractivity contribution in [3.63, 3.8) is 0 Å². The molecule has 2 fully saturated rings. The van der Waals surface area contributed by atoms with Gasteiger partial charge in [0.2, 0.25) is 0 Å². The number of hydrogen-bond acceptors (Lipinski definition) is 4. The van der Waals surface area contributed by atoms with E-state index in [4.69, 9.17) is 4.74 Å². The number of nitrogens with zero attached hydrogens (tertiary/aromatic N) is 2. The topological polar surface area (TPSA) is 65.3 Å². The fourth-order valence-corrected chi connectivity index (χ4v) is 13.6. The molecule has 2 aliphatic rings. The van der Waals surface area contributed by atoms with Crippen molar-refractivity contribution in [2.45, 2.75) is 72.6 Å². The minimum absolute atomic E-state index is 0. The van der Waals surface area contributed by atoms with Crippen molar-refractivity contribution in [3.05, 3.63) is 104 Å². The standard InChI is InChI=1S/C15H11N2O3.C5H4.3C4H9.Fe.Sn/c1-20-14-8-13(17(18)19)7-11-6-12(9-16-15(11)14)10-4-2-3-5-10;1-2-4-5-3-1;3*1-3-4-2;;/h2-9H,1H3;1-4H;3*1,3-4H2,2H3;;/q;-1;;;;+2;+1. The summed E-state index contributed by atoms with van der Waals surface area (Å²) >= 11 is -0.839. The molecule has 10 radical (unpaired) electrons. The summed E-state index contributed by atoms with van der Waals surface area (Å²) < 4.78 is 10.2.